The number of carbonyl (C=O) groups is 1. The van der Waals surface area contributed by atoms with Crippen molar-refractivity contribution in [2.24, 2.45) is 0 Å². The lowest BCUT2D eigenvalue weighted by atomic mass is 10.1. The maximum absolute atomic E-state index is 12.8. The van der Waals surface area contributed by atoms with Crippen molar-refractivity contribution in [1.29, 1.82) is 0 Å². The zero-order valence-corrected chi connectivity index (χ0v) is 13.8. The Bertz CT molecular complexity index is 1050. The van der Waals surface area contributed by atoms with Gasteiger partial charge >= 0.3 is 0 Å². The van der Waals surface area contributed by atoms with E-state index in [1.807, 2.05) is 79.7 Å². The molecule has 0 atom stereocenters. The summed E-state index contributed by atoms with van der Waals surface area (Å²) >= 11 is 0. The van der Waals surface area contributed by atoms with E-state index in [1.165, 1.54) is 0 Å². The molecule has 0 saturated carbocycles. The van der Waals surface area contributed by atoms with E-state index in [9.17, 15) is 4.79 Å². The highest BCUT2D eigenvalue weighted by atomic mass is 16.3. The molecule has 122 valence electrons. The molecule has 1 aromatic heterocycles. The molecular weight excluding hydrogens is 310 g/mol. The Morgan fingerprint density at radius 2 is 1.56 bits per heavy atom. The summed E-state index contributed by atoms with van der Waals surface area (Å²) < 4.78 is 5.77. The lowest BCUT2D eigenvalue weighted by Crippen LogP contribution is -2.12. The Labute approximate surface area is 145 Å². The number of amides is 1. The average Bonchev–Trinajstić information content (AvgIpc) is 3.04. The predicted molar refractivity (Wildman–Crippen MR) is 101 cm³/mol. The van der Waals surface area contributed by atoms with Gasteiger partial charge < -0.3 is 9.73 Å². The standard InChI is InChI=1S/C22H17NO2/c1-15-13-20(21(25-15)17-8-3-2-4-9-17)22(24)23-19-12-11-16-7-5-6-10-18(16)14-19/h2-14H,1H3,(H,23,24). The second-order valence-electron chi connectivity index (χ2n) is 5.98. The maximum Gasteiger partial charge on any atom is 0.259 e. The molecule has 0 radical (unpaired) electrons. The second-order valence-corrected chi connectivity index (χ2v) is 5.98. The van der Waals surface area contributed by atoms with Crippen LogP contribution in [0, 0.1) is 6.92 Å². The zero-order valence-electron chi connectivity index (χ0n) is 13.8. The number of anilines is 1. The van der Waals surface area contributed by atoms with Crippen LogP contribution in [0.3, 0.4) is 0 Å². The van der Waals surface area contributed by atoms with Gasteiger partial charge in [0.15, 0.2) is 0 Å². The van der Waals surface area contributed by atoms with Crippen molar-refractivity contribution in [3.63, 3.8) is 0 Å². The molecule has 0 saturated heterocycles. The van der Waals surface area contributed by atoms with Crippen molar-refractivity contribution < 1.29 is 9.21 Å². The Hall–Kier alpha value is -3.33. The highest BCUT2D eigenvalue weighted by Gasteiger charge is 2.18. The van der Waals surface area contributed by atoms with Crippen LogP contribution in [0.2, 0.25) is 0 Å². The number of furan rings is 1. The van der Waals surface area contributed by atoms with Gasteiger partial charge in [0.25, 0.3) is 5.91 Å². The maximum atomic E-state index is 12.8. The smallest absolute Gasteiger partial charge is 0.259 e. The monoisotopic (exact) mass is 327 g/mol. The van der Waals surface area contributed by atoms with Crippen molar-refractivity contribution >= 4 is 22.4 Å². The lowest BCUT2D eigenvalue weighted by molar-refractivity contribution is 0.102. The van der Waals surface area contributed by atoms with Gasteiger partial charge in [-0.05, 0) is 35.9 Å². The van der Waals surface area contributed by atoms with Crippen LogP contribution in [0.5, 0.6) is 0 Å². The summed E-state index contributed by atoms with van der Waals surface area (Å²) in [4.78, 5) is 12.8. The van der Waals surface area contributed by atoms with Gasteiger partial charge in [0, 0.05) is 11.3 Å². The molecule has 0 aliphatic carbocycles. The molecular formula is C22H17NO2. The van der Waals surface area contributed by atoms with Gasteiger partial charge in [-0.3, -0.25) is 4.79 Å². The van der Waals surface area contributed by atoms with Crippen LogP contribution in [0.25, 0.3) is 22.1 Å². The first-order valence-electron chi connectivity index (χ1n) is 8.17. The molecule has 25 heavy (non-hydrogen) atoms. The number of aryl methyl sites for hydroxylation is 1. The first-order valence-corrected chi connectivity index (χ1v) is 8.17. The highest BCUT2D eigenvalue weighted by Crippen LogP contribution is 2.28. The first kappa shape index (κ1) is 15.2. The molecule has 0 bridgehead atoms. The molecule has 3 heteroatoms. The average molecular weight is 327 g/mol. The summed E-state index contributed by atoms with van der Waals surface area (Å²) in [7, 11) is 0. The highest BCUT2D eigenvalue weighted by molar-refractivity contribution is 6.08. The minimum atomic E-state index is -0.175. The Kier molecular flexibility index (Phi) is 3.82. The molecule has 0 aliphatic rings. The fourth-order valence-electron chi connectivity index (χ4n) is 2.95. The predicted octanol–water partition coefficient (Wildman–Crippen LogP) is 5.66. The topological polar surface area (TPSA) is 42.2 Å². The van der Waals surface area contributed by atoms with E-state index < -0.39 is 0 Å². The van der Waals surface area contributed by atoms with E-state index in [0.717, 1.165) is 22.0 Å². The van der Waals surface area contributed by atoms with E-state index in [1.54, 1.807) is 6.07 Å². The zero-order chi connectivity index (χ0) is 17.2. The summed E-state index contributed by atoms with van der Waals surface area (Å²) in [5.41, 5.74) is 2.19. The number of nitrogens with one attached hydrogen (secondary N) is 1. The third-order valence-electron chi connectivity index (χ3n) is 4.14. The summed E-state index contributed by atoms with van der Waals surface area (Å²) in [6, 6.07) is 25.4. The summed E-state index contributed by atoms with van der Waals surface area (Å²) in [6.45, 7) is 1.85. The summed E-state index contributed by atoms with van der Waals surface area (Å²) in [5.74, 6) is 1.13. The molecule has 0 spiro atoms. The van der Waals surface area contributed by atoms with Crippen molar-refractivity contribution in [3.05, 3.63) is 90.2 Å². The number of benzene rings is 3. The summed E-state index contributed by atoms with van der Waals surface area (Å²) in [5, 5.41) is 5.21. The van der Waals surface area contributed by atoms with Gasteiger partial charge in [-0.15, -0.1) is 0 Å². The fourth-order valence-corrected chi connectivity index (χ4v) is 2.95. The number of rotatable bonds is 3. The second kappa shape index (κ2) is 6.29. The third kappa shape index (κ3) is 3.04. The Morgan fingerprint density at radius 1 is 0.840 bits per heavy atom. The first-order chi connectivity index (χ1) is 12.2. The number of hydrogen-bond donors (Lipinski definition) is 1. The van der Waals surface area contributed by atoms with Crippen LogP contribution in [0.1, 0.15) is 16.1 Å². The van der Waals surface area contributed by atoms with Crippen LogP contribution in [0.15, 0.2) is 83.3 Å². The van der Waals surface area contributed by atoms with Gasteiger partial charge in [-0.25, -0.2) is 0 Å². The molecule has 1 amide bonds. The van der Waals surface area contributed by atoms with Crippen molar-refractivity contribution in [1.82, 2.24) is 0 Å². The number of fused-ring (bicyclic) bond motifs is 1. The van der Waals surface area contributed by atoms with Gasteiger partial charge in [-0.2, -0.15) is 0 Å². The minimum Gasteiger partial charge on any atom is -0.461 e. The van der Waals surface area contributed by atoms with E-state index in [4.69, 9.17) is 4.42 Å². The SMILES string of the molecule is Cc1cc(C(=O)Nc2ccc3ccccc3c2)c(-c2ccccc2)o1. The van der Waals surface area contributed by atoms with Gasteiger partial charge in [0.05, 0.1) is 5.56 Å². The fraction of sp³-hybridized carbons (Fsp3) is 0.0455. The van der Waals surface area contributed by atoms with Crippen molar-refractivity contribution in [2.45, 2.75) is 6.92 Å². The Balaban J connectivity index is 1.67. The largest absolute Gasteiger partial charge is 0.461 e. The molecule has 3 nitrogen and oxygen atoms in total. The number of hydrogen-bond acceptors (Lipinski definition) is 2. The van der Waals surface area contributed by atoms with Gasteiger partial charge in [0.1, 0.15) is 11.5 Å². The molecule has 4 rings (SSSR count). The Morgan fingerprint density at radius 3 is 2.36 bits per heavy atom. The molecule has 4 aromatic rings. The van der Waals surface area contributed by atoms with Crippen molar-refractivity contribution in [2.75, 3.05) is 5.32 Å². The van der Waals surface area contributed by atoms with Crippen LogP contribution < -0.4 is 5.32 Å². The van der Waals surface area contributed by atoms with E-state index >= 15 is 0 Å². The van der Waals surface area contributed by atoms with Crippen LogP contribution >= 0.6 is 0 Å². The quantitative estimate of drug-likeness (QED) is 0.527. The van der Waals surface area contributed by atoms with Gasteiger partial charge in [0.2, 0.25) is 0 Å². The number of carbonyl (C=O) groups excluding carboxylic acids is 1. The lowest BCUT2D eigenvalue weighted by Gasteiger charge is -2.07. The van der Waals surface area contributed by atoms with E-state index in [0.29, 0.717) is 17.1 Å². The third-order valence-corrected chi connectivity index (χ3v) is 4.14. The molecule has 0 fully saturated rings. The van der Waals surface area contributed by atoms with Crippen LogP contribution in [0.4, 0.5) is 5.69 Å². The van der Waals surface area contributed by atoms with E-state index in [-0.39, 0.29) is 5.91 Å². The molecule has 1 heterocycles. The van der Waals surface area contributed by atoms with Crippen LogP contribution in [-0.4, -0.2) is 5.91 Å². The minimum absolute atomic E-state index is 0.175. The molecule has 1 N–H and O–H groups in total. The van der Waals surface area contributed by atoms with Gasteiger partial charge in [-0.1, -0.05) is 60.7 Å². The van der Waals surface area contributed by atoms with E-state index in [2.05, 4.69) is 5.32 Å². The molecule has 0 unspecified atom stereocenters. The van der Waals surface area contributed by atoms with Crippen molar-refractivity contribution in [3.8, 4) is 11.3 Å². The molecule has 0 aliphatic heterocycles. The van der Waals surface area contributed by atoms with Crippen LogP contribution in [-0.2, 0) is 0 Å². The normalized spacial score (nSPS) is 10.8. The summed E-state index contributed by atoms with van der Waals surface area (Å²) in [6.07, 6.45) is 0. The molecule has 3 aromatic carbocycles.